The molecule has 0 unspecified atom stereocenters. The fourth-order valence-electron chi connectivity index (χ4n) is 0.959. The first-order chi connectivity index (χ1) is 6.63. The molecular weight excluding hydrogens is 179 g/mol. The lowest BCUT2D eigenvalue weighted by molar-refractivity contribution is 0.627. The maximum absolute atomic E-state index is 12.6. The predicted octanol–water partition coefficient (Wildman–Crippen LogP) is 2.56. The van der Waals surface area contributed by atoms with E-state index in [1.807, 2.05) is 6.92 Å². The van der Waals surface area contributed by atoms with Crippen LogP contribution in [0.3, 0.4) is 0 Å². The van der Waals surface area contributed by atoms with Gasteiger partial charge in [0.05, 0.1) is 11.5 Å². The molecule has 1 aromatic rings. The highest BCUT2D eigenvalue weighted by atomic mass is 19.1. The third kappa shape index (κ3) is 2.69. The molecule has 3 heteroatoms. The smallest absolute Gasteiger partial charge is 0.123 e. The van der Waals surface area contributed by atoms with Gasteiger partial charge in [-0.3, -0.25) is 0 Å². The lowest BCUT2D eigenvalue weighted by atomic mass is 10.2. The van der Waals surface area contributed by atoms with Gasteiger partial charge in [0.15, 0.2) is 0 Å². The third-order valence-electron chi connectivity index (χ3n) is 1.82. The third-order valence-corrected chi connectivity index (χ3v) is 1.82. The average Bonchev–Trinajstić information content (AvgIpc) is 2.18. The topological polar surface area (TPSA) is 38.4 Å². The van der Waals surface area contributed by atoms with Crippen molar-refractivity contribution in [2.45, 2.75) is 13.3 Å². The number of nitrogens with two attached hydrogens (primary N) is 1. The number of hydrogen-bond donors (Lipinski definition) is 1. The zero-order valence-electron chi connectivity index (χ0n) is 8.13. The van der Waals surface area contributed by atoms with Crippen molar-refractivity contribution in [1.29, 1.82) is 0 Å². The summed E-state index contributed by atoms with van der Waals surface area (Å²) in [5, 5.41) is 0. The maximum Gasteiger partial charge on any atom is 0.123 e. The van der Waals surface area contributed by atoms with E-state index < -0.39 is 0 Å². The molecule has 1 rings (SSSR count). The van der Waals surface area contributed by atoms with Crippen molar-refractivity contribution in [3.05, 3.63) is 42.2 Å². The molecule has 2 nitrogen and oxygen atoms in total. The van der Waals surface area contributed by atoms with E-state index in [2.05, 4.69) is 11.6 Å². The van der Waals surface area contributed by atoms with E-state index in [-0.39, 0.29) is 5.82 Å². The molecule has 0 aliphatic heterocycles. The summed E-state index contributed by atoms with van der Waals surface area (Å²) < 4.78 is 12.6. The fourth-order valence-corrected chi connectivity index (χ4v) is 0.959. The van der Waals surface area contributed by atoms with Gasteiger partial charge in [0, 0.05) is 6.42 Å². The monoisotopic (exact) mass is 192 g/mol. The highest BCUT2D eigenvalue weighted by molar-refractivity contribution is 5.86. The number of rotatable bonds is 3. The lowest BCUT2D eigenvalue weighted by Crippen LogP contribution is -2.09. The largest absolute Gasteiger partial charge is 0.387 e. The van der Waals surface area contributed by atoms with Crippen LogP contribution in [0.15, 0.2) is 35.8 Å². The molecule has 0 aliphatic rings. The SMILES string of the molecule is C=C(/N=C(/N)CC)c1ccc(F)cc1. The minimum absolute atomic E-state index is 0.269. The van der Waals surface area contributed by atoms with Crippen LogP contribution in [0.1, 0.15) is 18.9 Å². The van der Waals surface area contributed by atoms with Crippen LogP contribution in [0.2, 0.25) is 0 Å². The van der Waals surface area contributed by atoms with Gasteiger partial charge in [-0.15, -0.1) is 0 Å². The van der Waals surface area contributed by atoms with Crippen LogP contribution in [-0.2, 0) is 0 Å². The van der Waals surface area contributed by atoms with Crippen LogP contribution in [0.4, 0.5) is 4.39 Å². The Morgan fingerprint density at radius 1 is 1.43 bits per heavy atom. The molecule has 2 N–H and O–H groups in total. The first-order valence-electron chi connectivity index (χ1n) is 4.41. The Bertz CT molecular complexity index is 352. The van der Waals surface area contributed by atoms with Crippen LogP contribution in [0.5, 0.6) is 0 Å². The summed E-state index contributed by atoms with van der Waals surface area (Å²) in [6.07, 6.45) is 0.681. The number of halogens is 1. The van der Waals surface area contributed by atoms with Crippen LogP contribution in [-0.4, -0.2) is 5.84 Å². The fraction of sp³-hybridized carbons (Fsp3) is 0.182. The molecule has 14 heavy (non-hydrogen) atoms. The molecule has 0 heterocycles. The van der Waals surface area contributed by atoms with Gasteiger partial charge in [-0.05, 0) is 29.8 Å². The van der Waals surface area contributed by atoms with Crippen molar-refractivity contribution in [2.75, 3.05) is 0 Å². The number of nitrogens with zero attached hydrogens (tertiary/aromatic N) is 1. The zero-order chi connectivity index (χ0) is 10.6. The quantitative estimate of drug-likeness (QED) is 0.580. The van der Waals surface area contributed by atoms with Crippen molar-refractivity contribution in [3.63, 3.8) is 0 Å². The van der Waals surface area contributed by atoms with E-state index in [4.69, 9.17) is 5.73 Å². The van der Waals surface area contributed by atoms with Gasteiger partial charge in [-0.25, -0.2) is 9.38 Å². The van der Waals surface area contributed by atoms with Gasteiger partial charge in [-0.1, -0.05) is 13.5 Å². The van der Waals surface area contributed by atoms with E-state index in [1.54, 1.807) is 12.1 Å². The van der Waals surface area contributed by atoms with E-state index in [9.17, 15) is 4.39 Å². The average molecular weight is 192 g/mol. The molecule has 0 atom stereocenters. The van der Waals surface area contributed by atoms with E-state index >= 15 is 0 Å². The Kier molecular flexibility index (Phi) is 3.40. The summed E-state index contributed by atoms with van der Waals surface area (Å²) in [5.41, 5.74) is 6.90. The van der Waals surface area contributed by atoms with Crippen molar-refractivity contribution in [2.24, 2.45) is 10.7 Å². The minimum Gasteiger partial charge on any atom is -0.387 e. The van der Waals surface area contributed by atoms with E-state index in [0.29, 0.717) is 18.0 Å². The summed E-state index contributed by atoms with van der Waals surface area (Å²) in [5.74, 6) is 0.258. The first kappa shape index (κ1) is 10.4. The second kappa shape index (κ2) is 4.56. The second-order valence-corrected chi connectivity index (χ2v) is 2.91. The maximum atomic E-state index is 12.6. The van der Waals surface area contributed by atoms with Crippen molar-refractivity contribution in [3.8, 4) is 0 Å². The zero-order valence-corrected chi connectivity index (χ0v) is 8.13. The molecule has 0 amide bonds. The molecule has 0 saturated carbocycles. The molecular formula is C11H13FN2. The van der Waals surface area contributed by atoms with Gasteiger partial charge in [0.25, 0.3) is 0 Å². The summed E-state index contributed by atoms with van der Waals surface area (Å²) in [7, 11) is 0. The van der Waals surface area contributed by atoms with Crippen molar-refractivity contribution in [1.82, 2.24) is 0 Å². The Morgan fingerprint density at radius 3 is 2.50 bits per heavy atom. The standard InChI is InChI=1S/C11H13FN2/c1-3-11(13)14-8(2)9-4-6-10(12)7-5-9/h4-7H,2-3H2,1H3,(H2,13,14). The number of hydrogen-bond acceptors (Lipinski definition) is 1. The van der Waals surface area contributed by atoms with Crippen LogP contribution in [0.25, 0.3) is 5.70 Å². The Morgan fingerprint density at radius 2 is 2.00 bits per heavy atom. The summed E-state index contributed by atoms with van der Waals surface area (Å²) >= 11 is 0. The van der Waals surface area contributed by atoms with E-state index in [0.717, 1.165) is 5.56 Å². The number of amidine groups is 1. The Hall–Kier alpha value is -1.64. The molecule has 74 valence electrons. The van der Waals surface area contributed by atoms with Crippen molar-refractivity contribution >= 4 is 11.5 Å². The minimum atomic E-state index is -0.269. The molecule has 0 fully saturated rings. The summed E-state index contributed by atoms with van der Waals surface area (Å²) in [6.45, 7) is 5.67. The van der Waals surface area contributed by atoms with Gasteiger partial charge in [0.1, 0.15) is 5.82 Å². The second-order valence-electron chi connectivity index (χ2n) is 2.91. The molecule has 0 radical (unpaired) electrons. The van der Waals surface area contributed by atoms with Gasteiger partial charge >= 0.3 is 0 Å². The van der Waals surface area contributed by atoms with Crippen molar-refractivity contribution < 1.29 is 4.39 Å². The number of benzene rings is 1. The Labute approximate surface area is 83.0 Å². The molecule has 0 spiro atoms. The van der Waals surface area contributed by atoms with Crippen LogP contribution < -0.4 is 5.73 Å². The number of aliphatic imine (C=N–C) groups is 1. The molecule has 0 saturated heterocycles. The molecule has 0 aliphatic carbocycles. The summed E-state index contributed by atoms with van der Waals surface area (Å²) in [6, 6.07) is 6.00. The highest BCUT2D eigenvalue weighted by Crippen LogP contribution is 2.14. The summed E-state index contributed by atoms with van der Waals surface area (Å²) in [4.78, 5) is 4.07. The molecule has 1 aromatic carbocycles. The Balaban J connectivity index is 2.85. The molecule has 0 aromatic heterocycles. The van der Waals surface area contributed by atoms with Crippen LogP contribution in [0, 0.1) is 5.82 Å². The van der Waals surface area contributed by atoms with Crippen LogP contribution >= 0.6 is 0 Å². The normalized spacial score (nSPS) is 11.4. The van der Waals surface area contributed by atoms with E-state index in [1.165, 1.54) is 12.1 Å². The van der Waals surface area contributed by atoms with Gasteiger partial charge in [0.2, 0.25) is 0 Å². The first-order valence-corrected chi connectivity index (χ1v) is 4.41. The predicted molar refractivity (Wildman–Crippen MR) is 57.3 cm³/mol. The van der Waals surface area contributed by atoms with Gasteiger partial charge in [-0.2, -0.15) is 0 Å². The molecule has 0 bridgehead atoms. The highest BCUT2D eigenvalue weighted by Gasteiger charge is 1.97. The lowest BCUT2D eigenvalue weighted by Gasteiger charge is -2.01. The van der Waals surface area contributed by atoms with Gasteiger partial charge < -0.3 is 5.73 Å².